The van der Waals surface area contributed by atoms with Gasteiger partial charge < -0.3 is 4.90 Å². The zero-order valence-electron chi connectivity index (χ0n) is 15.7. The Labute approximate surface area is 168 Å². The van der Waals surface area contributed by atoms with Crippen LogP contribution in [-0.2, 0) is 12.4 Å². The van der Waals surface area contributed by atoms with Gasteiger partial charge in [-0.2, -0.15) is 26.3 Å². The highest BCUT2D eigenvalue weighted by Crippen LogP contribution is 2.41. The largest absolute Gasteiger partial charge is 0.416 e. The summed E-state index contributed by atoms with van der Waals surface area (Å²) < 4.78 is 79.6. The molecular weight excluding hydrogens is 410 g/mol. The standard InChI is InChI=1S/C21H18F6N2O/c22-20(23,24)15-7-16(21(25,26)27)9-17(8-15)29(11-12-1-2-12)18-6-5-14(10-28-18)19(30)13-3-4-13/h5-10,12-13H,1-4,11H2. The van der Waals surface area contributed by atoms with Crippen LogP contribution in [0, 0.1) is 11.8 Å². The van der Waals surface area contributed by atoms with Crippen LogP contribution < -0.4 is 4.90 Å². The topological polar surface area (TPSA) is 33.2 Å². The van der Waals surface area contributed by atoms with E-state index < -0.39 is 23.5 Å². The molecule has 4 rings (SSSR count). The lowest BCUT2D eigenvalue weighted by Gasteiger charge is -2.26. The van der Waals surface area contributed by atoms with E-state index in [2.05, 4.69) is 4.98 Å². The first-order valence-electron chi connectivity index (χ1n) is 9.59. The number of hydrogen-bond acceptors (Lipinski definition) is 3. The van der Waals surface area contributed by atoms with Gasteiger partial charge in [0.05, 0.1) is 11.1 Å². The van der Waals surface area contributed by atoms with Crippen LogP contribution in [0.25, 0.3) is 0 Å². The van der Waals surface area contributed by atoms with Crippen molar-refractivity contribution in [3.63, 3.8) is 0 Å². The molecule has 0 bridgehead atoms. The zero-order valence-corrected chi connectivity index (χ0v) is 15.7. The number of rotatable bonds is 6. The monoisotopic (exact) mass is 428 g/mol. The third-order valence-electron chi connectivity index (χ3n) is 5.28. The molecule has 0 saturated heterocycles. The maximum atomic E-state index is 13.3. The smallest absolute Gasteiger partial charge is 0.326 e. The fraction of sp³-hybridized carbons (Fsp3) is 0.429. The molecule has 2 aliphatic rings. The van der Waals surface area contributed by atoms with Crippen LogP contribution >= 0.6 is 0 Å². The summed E-state index contributed by atoms with van der Waals surface area (Å²) in [6, 6.07) is 4.54. The van der Waals surface area contributed by atoms with Crippen molar-refractivity contribution in [1.82, 2.24) is 4.98 Å². The van der Waals surface area contributed by atoms with Gasteiger partial charge in [0, 0.05) is 29.9 Å². The third kappa shape index (κ3) is 4.60. The van der Waals surface area contributed by atoms with Crippen molar-refractivity contribution >= 4 is 17.3 Å². The van der Waals surface area contributed by atoms with Crippen LogP contribution in [0.3, 0.4) is 0 Å². The summed E-state index contributed by atoms with van der Waals surface area (Å²) in [6.45, 7) is 0.252. The van der Waals surface area contributed by atoms with Gasteiger partial charge >= 0.3 is 12.4 Å². The van der Waals surface area contributed by atoms with E-state index in [-0.39, 0.29) is 41.7 Å². The van der Waals surface area contributed by atoms with Crippen LogP contribution in [0.15, 0.2) is 36.5 Å². The number of Topliss-reactive ketones (excluding diaryl/α,β-unsaturated/α-hetero) is 1. The van der Waals surface area contributed by atoms with Crippen molar-refractivity contribution in [2.75, 3.05) is 11.4 Å². The number of carbonyl (C=O) groups is 1. The maximum Gasteiger partial charge on any atom is 0.416 e. The van der Waals surface area contributed by atoms with Gasteiger partial charge in [-0.1, -0.05) is 0 Å². The summed E-state index contributed by atoms with van der Waals surface area (Å²) in [5, 5.41) is 0. The number of ketones is 1. The molecule has 9 heteroatoms. The van der Waals surface area contributed by atoms with Gasteiger partial charge in [0.15, 0.2) is 5.78 Å². The Morgan fingerprint density at radius 1 is 0.933 bits per heavy atom. The number of carbonyl (C=O) groups excluding carboxylic acids is 1. The van der Waals surface area contributed by atoms with Gasteiger partial charge in [-0.25, -0.2) is 4.98 Å². The molecule has 1 heterocycles. The highest BCUT2D eigenvalue weighted by molar-refractivity contribution is 5.99. The fourth-order valence-corrected chi connectivity index (χ4v) is 3.26. The first kappa shape index (κ1) is 20.7. The molecule has 30 heavy (non-hydrogen) atoms. The lowest BCUT2D eigenvalue weighted by Crippen LogP contribution is -2.23. The van der Waals surface area contributed by atoms with Gasteiger partial charge in [-0.15, -0.1) is 0 Å². The average molecular weight is 428 g/mol. The molecule has 1 aromatic carbocycles. The summed E-state index contributed by atoms with van der Waals surface area (Å²) in [6.07, 6.45) is -5.17. The molecule has 2 fully saturated rings. The predicted octanol–water partition coefficient (Wildman–Crippen LogP) is 6.26. The van der Waals surface area contributed by atoms with E-state index in [4.69, 9.17) is 0 Å². The number of nitrogens with zero attached hydrogens (tertiary/aromatic N) is 2. The molecule has 0 aliphatic heterocycles. The van der Waals surface area contributed by atoms with Crippen molar-refractivity contribution in [2.45, 2.75) is 38.0 Å². The van der Waals surface area contributed by atoms with Crippen molar-refractivity contribution in [3.8, 4) is 0 Å². The second-order valence-electron chi connectivity index (χ2n) is 7.86. The SMILES string of the molecule is O=C(c1ccc(N(CC2CC2)c2cc(C(F)(F)F)cc(C(F)(F)F)c2)nc1)C1CC1. The van der Waals surface area contributed by atoms with E-state index >= 15 is 0 Å². The Bertz CT molecular complexity index is 911. The highest BCUT2D eigenvalue weighted by atomic mass is 19.4. The third-order valence-corrected chi connectivity index (χ3v) is 5.28. The van der Waals surface area contributed by atoms with Crippen molar-refractivity contribution in [2.24, 2.45) is 11.8 Å². The molecule has 2 aliphatic carbocycles. The first-order chi connectivity index (χ1) is 14.0. The number of halogens is 6. The Hall–Kier alpha value is -2.58. The van der Waals surface area contributed by atoms with E-state index in [0.29, 0.717) is 17.7 Å². The quantitative estimate of drug-likeness (QED) is 0.402. The second kappa shape index (κ2) is 7.28. The molecule has 0 atom stereocenters. The van der Waals surface area contributed by atoms with Gasteiger partial charge in [0.1, 0.15) is 5.82 Å². The lowest BCUT2D eigenvalue weighted by atomic mass is 10.1. The maximum absolute atomic E-state index is 13.3. The first-order valence-corrected chi connectivity index (χ1v) is 9.59. The van der Waals surface area contributed by atoms with Crippen LogP contribution in [0.5, 0.6) is 0 Å². The molecule has 1 aromatic heterocycles. The van der Waals surface area contributed by atoms with Crippen LogP contribution in [0.4, 0.5) is 37.8 Å². The molecule has 0 radical (unpaired) electrons. The number of alkyl halides is 6. The molecular formula is C21H18F6N2O. The van der Waals surface area contributed by atoms with E-state index in [1.165, 1.54) is 23.2 Å². The molecule has 0 spiro atoms. The normalized spacial score (nSPS) is 17.1. The molecule has 2 saturated carbocycles. The predicted molar refractivity (Wildman–Crippen MR) is 97.5 cm³/mol. The second-order valence-corrected chi connectivity index (χ2v) is 7.86. The van der Waals surface area contributed by atoms with Gasteiger partial charge in [-0.05, 0) is 61.9 Å². The minimum absolute atomic E-state index is 0.0157. The summed E-state index contributed by atoms with van der Waals surface area (Å²) in [4.78, 5) is 17.7. The summed E-state index contributed by atoms with van der Waals surface area (Å²) in [5.41, 5.74) is -2.56. The minimum Gasteiger partial charge on any atom is -0.326 e. The average Bonchev–Trinajstić information content (AvgIpc) is 3.58. The zero-order chi connectivity index (χ0) is 21.7. The fourth-order valence-electron chi connectivity index (χ4n) is 3.26. The van der Waals surface area contributed by atoms with Gasteiger partial charge in [0.2, 0.25) is 0 Å². The number of aromatic nitrogens is 1. The molecule has 0 amide bonds. The van der Waals surface area contributed by atoms with Crippen LogP contribution in [0.2, 0.25) is 0 Å². The van der Waals surface area contributed by atoms with Gasteiger partial charge in [0.25, 0.3) is 0 Å². The number of hydrogen-bond donors (Lipinski definition) is 0. The summed E-state index contributed by atoms with van der Waals surface area (Å²) >= 11 is 0. The molecule has 0 N–H and O–H groups in total. The Kier molecular flexibility index (Phi) is 5.02. The summed E-state index contributed by atoms with van der Waals surface area (Å²) in [7, 11) is 0. The van der Waals surface area contributed by atoms with E-state index in [1.807, 2.05) is 0 Å². The molecule has 3 nitrogen and oxygen atoms in total. The molecule has 0 unspecified atom stereocenters. The van der Waals surface area contributed by atoms with E-state index in [1.54, 1.807) is 0 Å². The summed E-state index contributed by atoms with van der Waals surface area (Å²) in [5.74, 6) is 0.324. The van der Waals surface area contributed by atoms with Crippen molar-refractivity contribution in [1.29, 1.82) is 0 Å². The minimum atomic E-state index is -4.92. The Morgan fingerprint density at radius 2 is 1.53 bits per heavy atom. The Balaban J connectivity index is 1.73. The van der Waals surface area contributed by atoms with E-state index in [9.17, 15) is 31.1 Å². The van der Waals surface area contributed by atoms with Gasteiger partial charge in [-0.3, -0.25) is 4.79 Å². The van der Waals surface area contributed by atoms with E-state index in [0.717, 1.165) is 25.7 Å². The van der Waals surface area contributed by atoms with Crippen LogP contribution in [-0.4, -0.2) is 17.3 Å². The van der Waals surface area contributed by atoms with Crippen molar-refractivity contribution in [3.05, 3.63) is 53.2 Å². The lowest BCUT2D eigenvalue weighted by molar-refractivity contribution is -0.143. The molecule has 2 aromatic rings. The highest BCUT2D eigenvalue weighted by Gasteiger charge is 2.38. The number of benzene rings is 1. The van der Waals surface area contributed by atoms with Crippen LogP contribution in [0.1, 0.15) is 47.2 Å². The van der Waals surface area contributed by atoms with Crippen molar-refractivity contribution < 1.29 is 31.1 Å². The molecule has 160 valence electrons. The Morgan fingerprint density at radius 3 is 1.97 bits per heavy atom. The number of anilines is 2. The number of pyridine rings is 1.